The number of rotatable bonds is 3. The second-order valence-corrected chi connectivity index (χ2v) is 11.5. The molecule has 0 unspecified atom stereocenters. The molecule has 152 valence electrons. The second kappa shape index (κ2) is 6.26. The highest BCUT2D eigenvalue weighted by molar-refractivity contribution is 7.92. The fourth-order valence-electron chi connectivity index (χ4n) is 6.28. The molecule has 0 radical (unpaired) electrons. The van der Waals surface area contributed by atoms with Crippen LogP contribution in [0.2, 0.25) is 5.02 Å². The van der Waals surface area contributed by atoms with Crippen molar-refractivity contribution in [3.8, 4) is 5.75 Å². The summed E-state index contributed by atoms with van der Waals surface area (Å²) in [5.74, 6) is 2.31. The molecule has 6 nitrogen and oxygen atoms in total. The van der Waals surface area contributed by atoms with Crippen LogP contribution in [0.15, 0.2) is 18.2 Å². The molecule has 0 spiro atoms. The van der Waals surface area contributed by atoms with Crippen LogP contribution in [-0.2, 0) is 14.8 Å². The summed E-state index contributed by atoms with van der Waals surface area (Å²) in [7, 11) is -3.56. The normalized spacial score (nSPS) is 36.0. The minimum absolute atomic E-state index is 0.0373. The maximum absolute atomic E-state index is 13.1. The Morgan fingerprint density at radius 2 is 1.79 bits per heavy atom. The van der Waals surface area contributed by atoms with Crippen LogP contribution in [-0.4, -0.2) is 38.8 Å². The Morgan fingerprint density at radius 1 is 1.18 bits per heavy atom. The number of carbonyl (C=O) groups is 1. The minimum Gasteiger partial charge on any atom is -0.476 e. The number of ether oxygens (including phenoxy) is 1. The van der Waals surface area contributed by atoms with E-state index in [9.17, 15) is 13.2 Å². The lowest BCUT2D eigenvalue weighted by Crippen LogP contribution is -2.63. The third-order valence-corrected chi connectivity index (χ3v) is 8.29. The van der Waals surface area contributed by atoms with E-state index in [2.05, 4.69) is 5.32 Å². The molecule has 4 saturated carbocycles. The molecule has 1 aliphatic heterocycles. The van der Waals surface area contributed by atoms with E-state index in [4.69, 9.17) is 16.3 Å². The lowest BCUT2D eigenvalue weighted by Gasteiger charge is -2.57. The van der Waals surface area contributed by atoms with Crippen LogP contribution in [0.1, 0.15) is 38.5 Å². The lowest BCUT2D eigenvalue weighted by atomic mass is 9.53. The monoisotopic (exact) mass is 424 g/mol. The van der Waals surface area contributed by atoms with Crippen molar-refractivity contribution in [3.05, 3.63) is 23.2 Å². The Balaban J connectivity index is 1.39. The predicted molar refractivity (Wildman–Crippen MR) is 107 cm³/mol. The summed E-state index contributed by atoms with van der Waals surface area (Å²) >= 11 is 6.04. The van der Waals surface area contributed by atoms with Crippen molar-refractivity contribution in [2.24, 2.45) is 17.8 Å². The summed E-state index contributed by atoms with van der Waals surface area (Å²) in [6.07, 6.45) is 7.28. The number of fused-ring (bicyclic) bond motifs is 1. The number of carbonyl (C=O) groups excluding carboxylic acids is 1. The molecule has 4 bridgehead atoms. The highest BCUT2D eigenvalue weighted by Crippen LogP contribution is 2.55. The van der Waals surface area contributed by atoms with Crippen LogP contribution in [0.3, 0.4) is 0 Å². The Kier molecular flexibility index (Phi) is 4.15. The van der Waals surface area contributed by atoms with Crippen molar-refractivity contribution >= 4 is 33.2 Å². The molecule has 28 heavy (non-hydrogen) atoms. The summed E-state index contributed by atoms with van der Waals surface area (Å²) in [6, 6.07) is 4.82. The molecule has 5 aliphatic rings. The fraction of sp³-hybridized carbons (Fsp3) is 0.650. The molecule has 1 atom stereocenters. The van der Waals surface area contributed by atoms with Crippen LogP contribution in [0.25, 0.3) is 0 Å². The van der Waals surface area contributed by atoms with Gasteiger partial charge < -0.3 is 10.1 Å². The van der Waals surface area contributed by atoms with Crippen molar-refractivity contribution < 1.29 is 17.9 Å². The van der Waals surface area contributed by atoms with E-state index in [0.29, 0.717) is 34.2 Å². The van der Waals surface area contributed by atoms with Crippen LogP contribution in [0.5, 0.6) is 5.75 Å². The molecule has 1 heterocycles. The lowest BCUT2D eigenvalue weighted by molar-refractivity contribution is -0.133. The molecule has 8 heteroatoms. The summed E-state index contributed by atoms with van der Waals surface area (Å²) in [5, 5.41) is 3.72. The predicted octanol–water partition coefficient (Wildman–Crippen LogP) is 2.95. The SMILES string of the molecule is CS(=O)(=O)N1C[C@@H](C(=O)NC23CC4CC(CC(C4)C2)C3)Oc2ccc(Cl)cc21. The molecule has 1 aromatic carbocycles. The van der Waals surface area contributed by atoms with Gasteiger partial charge in [0, 0.05) is 10.6 Å². The van der Waals surface area contributed by atoms with Crippen molar-refractivity contribution in [1.29, 1.82) is 0 Å². The van der Waals surface area contributed by atoms with Crippen molar-refractivity contribution in [2.75, 3.05) is 17.1 Å². The zero-order valence-electron chi connectivity index (χ0n) is 15.9. The number of sulfonamides is 1. The molecule has 1 N–H and O–H groups in total. The number of halogens is 1. The first kappa shape index (κ1) is 18.6. The second-order valence-electron chi connectivity index (χ2n) is 9.20. The first-order valence-corrected chi connectivity index (χ1v) is 12.2. The number of anilines is 1. The number of amides is 1. The van der Waals surface area contributed by atoms with Gasteiger partial charge in [0.2, 0.25) is 10.0 Å². The molecule has 6 rings (SSSR count). The van der Waals surface area contributed by atoms with Gasteiger partial charge in [-0.25, -0.2) is 8.42 Å². The quantitative estimate of drug-likeness (QED) is 0.809. The number of hydrogen-bond acceptors (Lipinski definition) is 4. The maximum atomic E-state index is 13.1. The molecule has 1 aromatic rings. The van der Waals surface area contributed by atoms with E-state index in [1.807, 2.05) is 0 Å². The van der Waals surface area contributed by atoms with E-state index in [0.717, 1.165) is 25.5 Å². The topological polar surface area (TPSA) is 75.7 Å². The van der Waals surface area contributed by atoms with E-state index in [1.165, 1.54) is 23.6 Å². The van der Waals surface area contributed by atoms with E-state index in [1.54, 1.807) is 18.2 Å². The van der Waals surface area contributed by atoms with Crippen LogP contribution in [0.4, 0.5) is 5.69 Å². The van der Waals surface area contributed by atoms with Gasteiger partial charge in [-0.05, 0) is 74.5 Å². The molecule has 4 aliphatic carbocycles. The molecule has 0 saturated heterocycles. The molecule has 1 amide bonds. The zero-order chi connectivity index (χ0) is 19.7. The largest absolute Gasteiger partial charge is 0.476 e. The van der Waals surface area contributed by atoms with Gasteiger partial charge in [-0.15, -0.1) is 0 Å². The number of nitrogens with zero attached hydrogens (tertiary/aromatic N) is 1. The third kappa shape index (κ3) is 3.16. The van der Waals surface area contributed by atoms with E-state index < -0.39 is 16.1 Å². The number of benzene rings is 1. The van der Waals surface area contributed by atoms with Gasteiger partial charge in [0.15, 0.2) is 6.10 Å². The van der Waals surface area contributed by atoms with Crippen LogP contribution >= 0.6 is 11.6 Å². The summed E-state index contributed by atoms with van der Waals surface area (Å²) < 4.78 is 31.8. The van der Waals surface area contributed by atoms with Gasteiger partial charge in [0.25, 0.3) is 5.91 Å². The average molecular weight is 425 g/mol. The van der Waals surface area contributed by atoms with Crippen molar-refractivity contribution in [2.45, 2.75) is 50.2 Å². The summed E-state index contributed by atoms with van der Waals surface area (Å²) in [6.45, 7) is -0.0373. The number of hydrogen-bond donors (Lipinski definition) is 1. The van der Waals surface area contributed by atoms with Gasteiger partial charge >= 0.3 is 0 Å². The third-order valence-electron chi connectivity index (χ3n) is 6.91. The Hall–Kier alpha value is -1.47. The van der Waals surface area contributed by atoms with E-state index in [-0.39, 0.29) is 18.0 Å². The van der Waals surface area contributed by atoms with Crippen LogP contribution < -0.4 is 14.4 Å². The van der Waals surface area contributed by atoms with Gasteiger partial charge in [0.1, 0.15) is 5.75 Å². The van der Waals surface area contributed by atoms with Gasteiger partial charge in [0.05, 0.1) is 18.5 Å². The summed E-state index contributed by atoms with van der Waals surface area (Å²) in [5.41, 5.74) is 0.250. The Bertz CT molecular complexity index is 897. The van der Waals surface area contributed by atoms with Crippen molar-refractivity contribution in [1.82, 2.24) is 5.32 Å². The highest BCUT2D eigenvalue weighted by atomic mass is 35.5. The first-order chi connectivity index (χ1) is 13.2. The molecule has 0 aromatic heterocycles. The first-order valence-electron chi connectivity index (χ1n) is 9.97. The minimum atomic E-state index is -3.56. The smallest absolute Gasteiger partial charge is 0.263 e. The summed E-state index contributed by atoms with van der Waals surface area (Å²) in [4.78, 5) is 13.1. The average Bonchev–Trinajstić information content (AvgIpc) is 2.58. The van der Waals surface area contributed by atoms with Gasteiger partial charge in [-0.1, -0.05) is 11.6 Å². The Morgan fingerprint density at radius 3 is 2.36 bits per heavy atom. The highest BCUT2D eigenvalue weighted by Gasteiger charge is 2.52. The van der Waals surface area contributed by atoms with Crippen LogP contribution in [0, 0.1) is 17.8 Å². The number of nitrogens with one attached hydrogen (secondary N) is 1. The Labute approximate surface area is 170 Å². The van der Waals surface area contributed by atoms with Crippen molar-refractivity contribution in [3.63, 3.8) is 0 Å². The standard InChI is InChI=1S/C20H25ClN2O4S/c1-28(25,26)23-11-18(27-17-3-2-15(21)7-16(17)23)19(24)22-20-8-12-4-13(9-20)6-14(5-12)10-20/h2-3,7,12-14,18H,4-6,8-11H2,1H3,(H,22,24)/t12?,13?,14?,18-,20?/m0/s1. The fourth-order valence-corrected chi connectivity index (χ4v) is 7.35. The van der Waals surface area contributed by atoms with Gasteiger partial charge in [-0.3, -0.25) is 9.10 Å². The van der Waals surface area contributed by atoms with Gasteiger partial charge in [-0.2, -0.15) is 0 Å². The zero-order valence-corrected chi connectivity index (χ0v) is 17.4. The van der Waals surface area contributed by atoms with E-state index >= 15 is 0 Å². The molecular weight excluding hydrogens is 400 g/mol. The molecule has 4 fully saturated rings. The maximum Gasteiger partial charge on any atom is 0.263 e. The molecular formula is C20H25ClN2O4S.